The summed E-state index contributed by atoms with van der Waals surface area (Å²) in [5.74, 6) is 5.19. The smallest absolute Gasteiger partial charge is 0.307 e. The molecule has 0 spiro atoms. The van der Waals surface area contributed by atoms with Gasteiger partial charge >= 0.3 is 5.97 Å². The Morgan fingerprint density at radius 2 is 1.73 bits per heavy atom. The molecule has 0 radical (unpaired) electrons. The maximum Gasteiger partial charge on any atom is 0.307 e. The predicted octanol–water partition coefficient (Wildman–Crippen LogP) is 1.60. The zero-order valence-corrected chi connectivity index (χ0v) is 10.7. The topological polar surface area (TPSA) is 64.3 Å². The number of ether oxygens (including phenoxy) is 1. The number of carbonyl (C=O) groups excluding carboxylic acids is 1. The lowest BCUT2D eigenvalue weighted by molar-refractivity contribution is -0.156. The lowest BCUT2D eigenvalue weighted by Gasteiger charge is -2.30. The molecule has 0 aliphatic heterocycles. The van der Waals surface area contributed by atoms with Gasteiger partial charge in [0, 0.05) is 6.04 Å². The van der Waals surface area contributed by atoms with Gasteiger partial charge in [0.2, 0.25) is 0 Å². The van der Waals surface area contributed by atoms with Crippen molar-refractivity contribution in [1.29, 1.82) is 0 Å². The van der Waals surface area contributed by atoms with Crippen LogP contribution in [0.3, 0.4) is 0 Å². The molecule has 0 heterocycles. The second-order valence-corrected chi connectivity index (χ2v) is 5.88. The van der Waals surface area contributed by atoms with Gasteiger partial charge in [-0.2, -0.15) is 0 Å². The van der Waals surface area contributed by atoms with Crippen LogP contribution in [0.4, 0.5) is 0 Å². The maximum absolute atomic E-state index is 11.6. The van der Waals surface area contributed by atoms with Crippen LogP contribution in [-0.2, 0) is 9.53 Å². The molecule has 0 aromatic carbocycles. The average Bonchev–Trinajstić information content (AvgIpc) is 1.94. The monoisotopic (exact) mass is 216 g/mol. The number of hydrogen-bond donors (Lipinski definition) is 2. The molecule has 0 aromatic heterocycles. The summed E-state index contributed by atoms with van der Waals surface area (Å²) in [4.78, 5) is 11.6. The summed E-state index contributed by atoms with van der Waals surface area (Å²) in [7, 11) is 0. The third-order valence-corrected chi connectivity index (χ3v) is 2.04. The predicted molar refractivity (Wildman–Crippen MR) is 61.0 cm³/mol. The van der Waals surface area contributed by atoms with Crippen LogP contribution < -0.4 is 11.3 Å². The fourth-order valence-electron chi connectivity index (χ4n) is 1.16. The van der Waals surface area contributed by atoms with Crippen LogP contribution in [0.5, 0.6) is 0 Å². The van der Waals surface area contributed by atoms with Crippen molar-refractivity contribution in [2.45, 2.75) is 59.6 Å². The lowest BCUT2D eigenvalue weighted by atomic mass is 9.85. The van der Waals surface area contributed by atoms with Gasteiger partial charge in [0.1, 0.15) is 5.60 Å². The molecule has 0 aliphatic rings. The summed E-state index contributed by atoms with van der Waals surface area (Å²) in [6, 6.07) is -0.0765. The largest absolute Gasteiger partial charge is 0.460 e. The Morgan fingerprint density at radius 1 is 1.27 bits per heavy atom. The summed E-state index contributed by atoms with van der Waals surface area (Å²) in [5.41, 5.74) is 2.16. The summed E-state index contributed by atoms with van der Waals surface area (Å²) in [6.45, 7) is 11.7. The van der Waals surface area contributed by atoms with E-state index < -0.39 is 5.60 Å². The zero-order chi connectivity index (χ0) is 12.3. The first-order valence-corrected chi connectivity index (χ1v) is 5.24. The lowest BCUT2D eigenvalue weighted by Crippen LogP contribution is -2.46. The van der Waals surface area contributed by atoms with Crippen LogP contribution in [0, 0.1) is 5.41 Å². The molecular weight excluding hydrogens is 192 g/mol. The first-order chi connectivity index (χ1) is 6.56. The number of esters is 1. The minimum absolute atomic E-state index is 0.0638. The molecule has 0 bridgehead atoms. The SMILES string of the molecule is CC(C)(C)OC(=O)CC(NN)C(C)(C)C. The van der Waals surface area contributed by atoms with Gasteiger partial charge in [-0.05, 0) is 26.2 Å². The van der Waals surface area contributed by atoms with Crippen molar-refractivity contribution >= 4 is 5.97 Å². The Kier molecular flexibility index (Phi) is 4.74. The maximum atomic E-state index is 11.6. The number of carbonyl (C=O) groups is 1. The van der Waals surface area contributed by atoms with Gasteiger partial charge in [-0.3, -0.25) is 16.1 Å². The van der Waals surface area contributed by atoms with E-state index in [9.17, 15) is 4.79 Å². The highest BCUT2D eigenvalue weighted by molar-refractivity contribution is 5.70. The highest BCUT2D eigenvalue weighted by Gasteiger charge is 2.28. The van der Waals surface area contributed by atoms with E-state index in [0.717, 1.165) is 0 Å². The van der Waals surface area contributed by atoms with Crippen LogP contribution in [0.2, 0.25) is 0 Å². The molecule has 0 fully saturated rings. The van der Waals surface area contributed by atoms with Gasteiger partial charge in [-0.15, -0.1) is 0 Å². The third kappa shape index (κ3) is 6.47. The van der Waals surface area contributed by atoms with Crippen molar-refractivity contribution in [3.8, 4) is 0 Å². The van der Waals surface area contributed by atoms with Gasteiger partial charge in [0.15, 0.2) is 0 Å². The Morgan fingerprint density at radius 3 is 2.00 bits per heavy atom. The van der Waals surface area contributed by atoms with E-state index in [1.54, 1.807) is 0 Å². The Labute approximate surface area is 92.5 Å². The molecular formula is C11H24N2O2. The Bertz CT molecular complexity index is 214. The highest BCUT2D eigenvalue weighted by Crippen LogP contribution is 2.22. The quantitative estimate of drug-likeness (QED) is 0.427. The minimum Gasteiger partial charge on any atom is -0.460 e. The van der Waals surface area contributed by atoms with Gasteiger partial charge in [0.05, 0.1) is 6.42 Å². The Balaban J connectivity index is 4.27. The van der Waals surface area contributed by atoms with Crippen molar-refractivity contribution < 1.29 is 9.53 Å². The molecule has 0 aliphatic carbocycles. The summed E-state index contributed by atoms with van der Waals surface area (Å²) in [6.07, 6.45) is 0.289. The molecule has 0 aromatic rings. The second kappa shape index (κ2) is 4.94. The third-order valence-electron chi connectivity index (χ3n) is 2.04. The normalized spacial score (nSPS) is 14.9. The van der Waals surface area contributed by atoms with Crippen molar-refractivity contribution in [1.82, 2.24) is 5.43 Å². The molecule has 15 heavy (non-hydrogen) atoms. The molecule has 90 valence electrons. The van der Waals surface area contributed by atoms with Crippen molar-refractivity contribution in [3.63, 3.8) is 0 Å². The first-order valence-electron chi connectivity index (χ1n) is 5.24. The summed E-state index contributed by atoms with van der Waals surface area (Å²) >= 11 is 0. The molecule has 0 saturated heterocycles. The molecule has 0 amide bonds. The standard InChI is InChI=1S/C11H24N2O2/c1-10(2,3)8(13-12)7-9(14)15-11(4,5)6/h8,13H,7,12H2,1-6H3. The number of nitrogens with two attached hydrogens (primary N) is 1. The van der Waals surface area contributed by atoms with E-state index in [2.05, 4.69) is 5.43 Å². The number of nitrogens with one attached hydrogen (secondary N) is 1. The van der Waals surface area contributed by atoms with E-state index in [1.165, 1.54) is 0 Å². The molecule has 0 rings (SSSR count). The second-order valence-electron chi connectivity index (χ2n) is 5.88. The fourth-order valence-corrected chi connectivity index (χ4v) is 1.16. The average molecular weight is 216 g/mol. The van der Waals surface area contributed by atoms with Crippen molar-refractivity contribution in [2.75, 3.05) is 0 Å². The van der Waals surface area contributed by atoms with Crippen LogP contribution in [0.1, 0.15) is 48.0 Å². The van der Waals surface area contributed by atoms with E-state index in [1.807, 2.05) is 41.5 Å². The van der Waals surface area contributed by atoms with Gasteiger partial charge in [-0.25, -0.2) is 0 Å². The van der Waals surface area contributed by atoms with Crippen LogP contribution in [0.25, 0.3) is 0 Å². The highest BCUT2D eigenvalue weighted by atomic mass is 16.6. The number of hydrogen-bond acceptors (Lipinski definition) is 4. The summed E-state index contributed by atoms with van der Waals surface area (Å²) < 4.78 is 5.23. The van der Waals surface area contributed by atoms with E-state index in [0.29, 0.717) is 0 Å². The molecule has 0 saturated carbocycles. The van der Waals surface area contributed by atoms with Crippen LogP contribution in [-0.4, -0.2) is 17.6 Å². The van der Waals surface area contributed by atoms with Gasteiger partial charge in [0.25, 0.3) is 0 Å². The number of rotatable bonds is 3. The summed E-state index contributed by atoms with van der Waals surface area (Å²) in [5, 5.41) is 0. The van der Waals surface area contributed by atoms with E-state index >= 15 is 0 Å². The number of hydrazine groups is 1. The van der Waals surface area contributed by atoms with Crippen LogP contribution in [0.15, 0.2) is 0 Å². The first kappa shape index (κ1) is 14.4. The van der Waals surface area contributed by atoms with E-state index in [-0.39, 0.29) is 23.8 Å². The fraction of sp³-hybridized carbons (Fsp3) is 0.909. The Hall–Kier alpha value is -0.610. The molecule has 4 nitrogen and oxygen atoms in total. The minimum atomic E-state index is -0.436. The van der Waals surface area contributed by atoms with E-state index in [4.69, 9.17) is 10.6 Å². The molecule has 1 unspecified atom stereocenters. The van der Waals surface area contributed by atoms with Gasteiger partial charge < -0.3 is 4.74 Å². The van der Waals surface area contributed by atoms with Crippen LogP contribution >= 0.6 is 0 Å². The molecule has 4 heteroatoms. The van der Waals surface area contributed by atoms with Crippen molar-refractivity contribution in [2.24, 2.45) is 11.3 Å². The molecule has 1 atom stereocenters. The van der Waals surface area contributed by atoms with Crippen molar-refractivity contribution in [3.05, 3.63) is 0 Å². The molecule has 3 N–H and O–H groups in total. The zero-order valence-electron chi connectivity index (χ0n) is 10.7. The van der Waals surface area contributed by atoms with Gasteiger partial charge in [-0.1, -0.05) is 20.8 Å².